The molecule has 1 aromatic heterocycles. The third-order valence-electron chi connectivity index (χ3n) is 2.88. The van der Waals surface area contributed by atoms with Crippen molar-refractivity contribution in [2.45, 2.75) is 38.5 Å². The molecule has 1 aromatic rings. The molecular formula is C12H19NS. The molecule has 0 radical (unpaired) electrons. The topological polar surface area (TPSA) is 12.0 Å². The molecule has 2 heteroatoms. The van der Waals surface area contributed by atoms with Crippen molar-refractivity contribution in [2.24, 2.45) is 0 Å². The van der Waals surface area contributed by atoms with E-state index < -0.39 is 0 Å². The second-order valence-corrected chi connectivity index (χ2v) is 5.30. The Bertz CT molecular complexity index is 274. The van der Waals surface area contributed by atoms with Crippen molar-refractivity contribution in [3.8, 4) is 0 Å². The van der Waals surface area contributed by atoms with Gasteiger partial charge in [0.15, 0.2) is 0 Å². The van der Waals surface area contributed by atoms with Crippen molar-refractivity contribution in [1.29, 1.82) is 0 Å². The van der Waals surface area contributed by atoms with Crippen molar-refractivity contribution in [3.63, 3.8) is 0 Å². The van der Waals surface area contributed by atoms with Crippen LogP contribution in [0.3, 0.4) is 0 Å². The Morgan fingerprint density at radius 1 is 1.50 bits per heavy atom. The Morgan fingerprint density at radius 3 is 3.14 bits per heavy atom. The predicted octanol–water partition coefficient (Wildman–Crippen LogP) is 3.17. The van der Waals surface area contributed by atoms with Crippen LogP contribution in [0.25, 0.3) is 0 Å². The number of thiophene rings is 1. The lowest BCUT2D eigenvalue weighted by Crippen LogP contribution is -2.27. The van der Waals surface area contributed by atoms with Gasteiger partial charge in [-0.15, -0.1) is 11.3 Å². The lowest BCUT2D eigenvalue weighted by atomic mass is 9.98. The van der Waals surface area contributed by atoms with Crippen LogP contribution in [0.2, 0.25) is 0 Å². The van der Waals surface area contributed by atoms with Crippen molar-refractivity contribution in [1.82, 2.24) is 5.32 Å². The van der Waals surface area contributed by atoms with Crippen LogP contribution in [0.5, 0.6) is 0 Å². The predicted molar refractivity (Wildman–Crippen MR) is 63.2 cm³/mol. The van der Waals surface area contributed by atoms with E-state index in [1.54, 1.807) is 9.75 Å². The first-order valence-corrected chi connectivity index (χ1v) is 6.51. The molecule has 0 amide bonds. The van der Waals surface area contributed by atoms with E-state index in [1.165, 1.54) is 38.8 Å². The summed E-state index contributed by atoms with van der Waals surface area (Å²) in [7, 11) is 0. The first kappa shape index (κ1) is 10.2. The first-order chi connectivity index (χ1) is 6.90. The molecule has 0 aromatic carbocycles. The highest BCUT2D eigenvalue weighted by Gasteiger charge is 2.16. The van der Waals surface area contributed by atoms with Gasteiger partial charge in [-0.05, 0) is 37.9 Å². The molecule has 1 fully saturated rings. The smallest absolute Gasteiger partial charge is 0.00918 e. The van der Waals surface area contributed by atoms with Crippen LogP contribution < -0.4 is 5.32 Å². The summed E-state index contributed by atoms with van der Waals surface area (Å²) in [4.78, 5) is 3.16. The molecular weight excluding hydrogens is 190 g/mol. The Balaban J connectivity index is 2.00. The van der Waals surface area contributed by atoms with E-state index in [4.69, 9.17) is 0 Å². The molecule has 0 aliphatic carbocycles. The Hall–Kier alpha value is -0.340. The molecule has 1 atom stereocenters. The Kier molecular flexibility index (Phi) is 3.60. The number of piperidine rings is 1. The van der Waals surface area contributed by atoms with Gasteiger partial charge in [-0.1, -0.05) is 13.3 Å². The van der Waals surface area contributed by atoms with Crippen molar-refractivity contribution in [2.75, 3.05) is 13.1 Å². The van der Waals surface area contributed by atoms with Crippen molar-refractivity contribution in [3.05, 3.63) is 21.9 Å². The summed E-state index contributed by atoms with van der Waals surface area (Å²) in [5.41, 5.74) is 0. The van der Waals surface area contributed by atoms with E-state index in [-0.39, 0.29) is 0 Å². The lowest BCUT2D eigenvalue weighted by Gasteiger charge is -2.21. The van der Waals surface area contributed by atoms with Gasteiger partial charge in [-0.3, -0.25) is 0 Å². The highest BCUT2D eigenvalue weighted by molar-refractivity contribution is 7.12. The minimum atomic E-state index is 0.791. The zero-order chi connectivity index (χ0) is 9.80. The molecule has 1 saturated heterocycles. The fraction of sp³-hybridized carbons (Fsp3) is 0.667. The van der Waals surface area contributed by atoms with E-state index in [2.05, 4.69) is 24.4 Å². The standard InChI is InChI=1S/C12H19NS/c1-2-4-11-6-7-12(14-11)10-5-3-8-13-9-10/h6-7,10,13H,2-5,8-9H2,1H3. The van der Waals surface area contributed by atoms with Crippen LogP contribution in [0.1, 0.15) is 41.9 Å². The number of hydrogen-bond acceptors (Lipinski definition) is 2. The van der Waals surface area contributed by atoms with Gasteiger partial charge in [0.25, 0.3) is 0 Å². The monoisotopic (exact) mass is 209 g/mol. The average molecular weight is 209 g/mol. The van der Waals surface area contributed by atoms with Crippen LogP contribution in [0.15, 0.2) is 12.1 Å². The highest BCUT2D eigenvalue weighted by atomic mass is 32.1. The zero-order valence-electron chi connectivity index (χ0n) is 8.88. The van der Waals surface area contributed by atoms with Gasteiger partial charge in [0.1, 0.15) is 0 Å². The second kappa shape index (κ2) is 4.94. The van der Waals surface area contributed by atoms with Crippen LogP contribution in [-0.2, 0) is 6.42 Å². The summed E-state index contributed by atoms with van der Waals surface area (Å²) in [6, 6.07) is 4.66. The average Bonchev–Trinajstić information content (AvgIpc) is 2.68. The minimum Gasteiger partial charge on any atom is -0.316 e. The summed E-state index contributed by atoms with van der Waals surface area (Å²) in [5.74, 6) is 0.791. The van der Waals surface area contributed by atoms with Gasteiger partial charge in [0.2, 0.25) is 0 Å². The third-order valence-corrected chi connectivity index (χ3v) is 4.19. The van der Waals surface area contributed by atoms with Crippen molar-refractivity contribution >= 4 is 11.3 Å². The van der Waals surface area contributed by atoms with Crippen molar-refractivity contribution < 1.29 is 0 Å². The second-order valence-electron chi connectivity index (χ2n) is 4.10. The quantitative estimate of drug-likeness (QED) is 0.806. The van der Waals surface area contributed by atoms with E-state index in [9.17, 15) is 0 Å². The van der Waals surface area contributed by atoms with Crippen LogP contribution in [0, 0.1) is 0 Å². The van der Waals surface area contributed by atoms with E-state index in [0.717, 1.165) is 5.92 Å². The number of rotatable bonds is 3. The largest absolute Gasteiger partial charge is 0.316 e. The summed E-state index contributed by atoms with van der Waals surface area (Å²) >= 11 is 2.02. The number of nitrogens with one attached hydrogen (secondary N) is 1. The minimum absolute atomic E-state index is 0.791. The Labute approximate surface area is 90.5 Å². The SMILES string of the molecule is CCCc1ccc(C2CCCNC2)s1. The molecule has 2 rings (SSSR count). The van der Waals surface area contributed by atoms with Crippen LogP contribution in [-0.4, -0.2) is 13.1 Å². The fourth-order valence-corrected chi connectivity index (χ4v) is 3.34. The van der Waals surface area contributed by atoms with Gasteiger partial charge >= 0.3 is 0 Å². The first-order valence-electron chi connectivity index (χ1n) is 5.69. The molecule has 1 nitrogen and oxygen atoms in total. The van der Waals surface area contributed by atoms with Gasteiger partial charge in [0.05, 0.1) is 0 Å². The summed E-state index contributed by atoms with van der Waals surface area (Å²) in [5, 5.41) is 3.48. The highest BCUT2D eigenvalue weighted by Crippen LogP contribution is 2.29. The molecule has 1 aliphatic heterocycles. The molecule has 78 valence electrons. The zero-order valence-corrected chi connectivity index (χ0v) is 9.70. The number of aryl methyl sites for hydroxylation is 1. The molecule has 1 aliphatic rings. The molecule has 1 unspecified atom stereocenters. The molecule has 0 saturated carbocycles. The maximum Gasteiger partial charge on any atom is 0.00918 e. The maximum absolute atomic E-state index is 3.48. The van der Waals surface area contributed by atoms with E-state index >= 15 is 0 Å². The van der Waals surface area contributed by atoms with Gasteiger partial charge in [0, 0.05) is 22.2 Å². The number of hydrogen-bond donors (Lipinski definition) is 1. The van der Waals surface area contributed by atoms with Crippen LogP contribution >= 0.6 is 11.3 Å². The van der Waals surface area contributed by atoms with Gasteiger partial charge < -0.3 is 5.32 Å². The molecule has 2 heterocycles. The normalized spacial score (nSPS) is 22.5. The van der Waals surface area contributed by atoms with Crippen LogP contribution in [0.4, 0.5) is 0 Å². The Morgan fingerprint density at radius 2 is 2.43 bits per heavy atom. The van der Waals surface area contributed by atoms with E-state index in [1.807, 2.05) is 11.3 Å². The maximum atomic E-state index is 3.48. The molecule has 1 N–H and O–H groups in total. The summed E-state index contributed by atoms with van der Waals surface area (Å²) < 4.78 is 0. The summed E-state index contributed by atoms with van der Waals surface area (Å²) in [6.07, 6.45) is 5.23. The molecule has 14 heavy (non-hydrogen) atoms. The fourth-order valence-electron chi connectivity index (χ4n) is 2.09. The summed E-state index contributed by atoms with van der Waals surface area (Å²) in [6.45, 7) is 4.65. The van der Waals surface area contributed by atoms with Gasteiger partial charge in [-0.2, -0.15) is 0 Å². The van der Waals surface area contributed by atoms with Gasteiger partial charge in [-0.25, -0.2) is 0 Å². The third kappa shape index (κ3) is 2.37. The molecule has 0 bridgehead atoms. The lowest BCUT2D eigenvalue weighted by molar-refractivity contribution is 0.466. The van der Waals surface area contributed by atoms with E-state index in [0.29, 0.717) is 0 Å². The molecule has 0 spiro atoms.